The fraction of sp³-hybridized carbons (Fsp3) is 0.167. The minimum atomic E-state index is 0.565. The van der Waals surface area contributed by atoms with Gasteiger partial charge in [-0.25, -0.2) is 0 Å². The van der Waals surface area contributed by atoms with E-state index in [2.05, 4.69) is 26.6 Å². The van der Waals surface area contributed by atoms with Crippen molar-refractivity contribution in [2.75, 3.05) is 6.61 Å². The largest absolute Gasteiger partial charge is 0.491 e. The predicted molar refractivity (Wildman–Crippen MR) is 91.0 cm³/mol. The molecule has 0 unspecified atom stereocenters. The molecule has 0 amide bonds. The van der Waals surface area contributed by atoms with Crippen LogP contribution in [0.25, 0.3) is 10.9 Å². The van der Waals surface area contributed by atoms with Gasteiger partial charge in [-0.2, -0.15) is 5.26 Å². The summed E-state index contributed by atoms with van der Waals surface area (Å²) < 4.78 is 8.89. The van der Waals surface area contributed by atoms with E-state index in [0.29, 0.717) is 18.7 Å². The van der Waals surface area contributed by atoms with Crippen LogP contribution in [-0.4, -0.2) is 11.2 Å². The highest BCUT2D eigenvalue weighted by molar-refractivity contribution is 9.10. The normalized spacial score (nSPS) is 10.6. The highest BCUT2D eigenvalue weighted by Crippen LogP contribution is 2.25. The first-order valence-corrected chi connectivity index (χ1v) is 7.85. The van der Waals surface area contributed by atoms with Gasteiger partial charge in [0.1, 0.15) is 18.4 Å². The Morgan fingerprint density at radius 1 is 1.23 bits per heavy atom. The Hall–Kier alpha value is -2.25. The third-order valence-corrected chi connectivity index (χ3v) is 4.14. The van der Waals surface area contributed by atoms with E-state index in [4.69, 9.17) is 4.74 Å². The summed E-state index contributed by atoms with van der Waals surface area (Å²) in [7, 11) is 0. The van der Waals surface area contributed by atoms with Crippen molar-refractivity contribution in [2.24, 2.45) is 0 Å². The van der Waals surface area contributed by atoms with Crippen molar-refractivity contribution in [1.29, 1.82) is 5.26 Å². The molecular formula is C18H15BrN2O. The first-order chi connectivity index (χ1) is 10.7. The molecule has 0 aliphatic carbocycles. The average Bonchev–Trinajstić information content (AvgIpc) is 2.86. The summed E-state index contributed by atoms with van der Waals surface area (Å²) in [5.41, 5.74) is 2.86. The van der Waals surface area contributed by atoms with Crippen molar-refractivity contribution < 1.29 is 4.74 Å². The Balaban J connectivity index is 1.80. The van der Waals surface area contributed by atoms with E-state index in [0.717, 1.165) is 26.7 Å². The van der Waals surface area contributed by atoms with E-state index < -0.39 is 0 Å². The Labute approximate surface area is 137 Å². The van der Waals surface area contributed by atoms with E-state index in [9.17, 15) is 5.26 Å². The van der Waals surface area contributed by atoms with Crippen LogP contribution in [0, 0.1) is 18.3 Å². The lowest BCUT2D eigenvalue weighted by molar-refractivity contribution is 0.298. The number of aromatic nitrogens is 1. The number of halogens is 1. The molecule has 0 aliphatic rings. The lowest BCUT2D eigenvalue weighted by atomic mass is 10.2. The molecule has 2 aromatic carbocycles. The zero-order valence-electron chi connectivity index (χ0n) is 12.2. The quantitative estimate of drug-likeness (QED) is 0.683. The van der Waals surface area contributed by atoms with E-state index in [1.54, 1.807) is 0 Å². The van der Waals surface area contributed by atoms with Crippen LogP contribution in [0.5, 0.6) is 5.75 Å². The number of para-hydroxylation sites is 1. The highest BCUT2D eigenvalue weighted by atomic mass is 79.9. The standard InChI is InChI=1S/C18H15BrN2O/c1-13-4-2-3-5-18(13)22-9-8-21-12-14(11-20)16-10-15(19)6-7-17(16)21/h2-7,10,12H,8-9H2,1H3. The maximum atomic E-state index is 9.27. The molecule has 0 bridgehead atoms. The van der Waals surface area contributed by atoms with E-state index in [-0.39, 0.29) is 0 Å². The molecule has 1 heterocycles. The molecule has 0 saturated heterocycles. The molecule has 0 N–H and O–H groups in total. The molecular weight excluding hydrogens is 340 g/mol. The van der Waals surface area contributed by atoms with Crippen molar-refractivity contribution in [3.8, 4) is 11.8 Å². The van der Waals surface area contributed by atoms with Gasteiger partial charge in [-0.3, -0.25) is 0 Å². The third kappa shape index (κ3) is 2.86. The molecule has 0 spiro atoms. The number of aryl methyl sites for hydroxylation is 1. The first-order valence-electron chi connectivity index (χ1n) is 7.06. The van der Waals surface area contributed by atoms with Crippen molar-refractivity contribution in [2.45, 2.75) is 13.5 Å². The van der Waals surface area contributed by atoms with Crippen LogP contribution in [0.15, 0.2) is 53.1 Å². The van der Waals surface area contributed by atoms with Crippen LogP contribution in [0.4, 0.5) is 0 Å². The average molecular weight is 355 g/mol. The van der Waals surface area contributed by atoms with Gasteiger partial charge in [0.15, 0.2) is 0 Å². The summed E-state index contributed by atoms with van der Waals surface area (Å²) in [5.74, 6) is 0.905. The van der Waals surface area contributed by atoms with E-state index in [1.807, 2.05) is 55.6 Å². The van der Waals surface area contributed by atoms with Crippen LogP contribution < -0.4 is 4.74 Å². The summed E-state index contributed by atoms with van der Waals surface area (Å²) in [6.45, 7) is 3.30. The van der Waals surface area contributed by atoms with Crippen LogP contribution in [-0.2, 0) is 6.54 Å². The highest BCUT2D eigenvalue weighted by Gasteiger charge is 2.08. The Kier molecular flexibility index (Phi) is 4.17. The lowest BCUT2D eigenvalue weighted by Gasteiger charge is -2.10. The van der Waals surface area contributed by atoms with Gasteiger partial charge in [-0.15, -0.1) is 0 Å². The Morgan fingerprint density at radius 3 is 2.82 bits per heavy atom. The molecule has 0 aliphatic heterocycles. The first kappa shape index (κ1) is 14.7. The summed E-state index contributed by atoms with van der Waals surface area (Å²) in [4.78, 5) is 0. The van der Waals surface area contributed by atoms with Gasteiger partial charge >= 0.3 is 0 Å². The van der Waals surface area contributed by atoms with Crippen LogP contribution in [0.3, 0.4) is 0 Å². The zero-order valence-corrected chi connectivity index (χ0v) is 13.8. The van der Waals surface area contributed by atoms with E-state index >= 15 is 0 Å². The van der Waals surface area contributed by atoms with Gasteiger partial charge < -0.3 is 9.30 Å². The minimum absolute atomic E-state index is 0.565. The van der Waals surface area contributed by atoms with Gasteiger partial charge in [0.05, 0.1) is 12.1 Å². The predicted octanol–water partition coefficient (Wildman–Crippen LogP) is 4.66. The fourth-order valence-electron chi connectivity index (χ4n) is 2.52. The second-order valence-electron chi connectivity index (χ2n) is 5.12. The number of nitriles is 1. The zero-order chi connectivity index (χ0) is 15.5. The molecule has 3 nitrogen and oxygen atoms in total. The van der Waals surface area contributed by atoms with Crippen LogP contribution in [0.1, 0.15) is 11.1 Å². The van der Waals surface area contributed by atoms with Gasteiger partial charge in [-0.05, 0) is 36.8 Å². The lowest BCUT2D eigenvalue weighted by Crippen LogP contribution is -2.07. The fourth-order valence-corrected chi connectivity index (χ4v) is 2.88. The summed E-state index contributed by atoms with van der Waals surface area (Å²) in [6.07, 6.45) is 1.89. The summed E-state index contributed by atoms with van der Waals surface area (Å²) in [5, 5.41) is 10.2. The number of nitrogens with zero attached hydrogens (tertiary/aromatic N) is 2. The Morgan fingerprint density at radius 2 is 2.05 bits per heavy atom. The summed E-state index contributed by atoms with van der Waals surface area (Å²) in [6, 6.07) is 16.2. The monoisotopic (exact) mass is 354 g/mol. The van der Waals surface area contributed by atoms with E-state index in [1.165, 1.54) is 0 Å². The molecule has 0 radical (unpaired) electrons. The molecule has 22 heavy (non-hydrogen) atoms. The molecule has 110 valence electrons. The molecule has 4 heteroatoms. The number of benzene rings is 2. The molecule has 3 aromatic rings. The van der Waals surface area contributed by atoms with Crippen molar-refractivity contribution >= 4 is 26.8 Å². The molecule has 0 atom stereocenters. The maximum absolute atomic E-state index is 9.27. The van der Waals surface area contributed by atoms with Gasteiger partial charge in [0, 0.05) is 21.6 Å². The number of ether oxygens (including phenoxy) is 1. The number of fused-ring (bicyclic) bond motifs is 1. The second-order valence-corrected chi connectivity index (χ2v) is 6.04. The third-order valence-electron chi connectivity index (χ3n) is 3.65. The Bertz CT molecular complexity index is 861. The van der Waals surface area contributed by atoms with Gasteiger partial charge in [0.25, 0.3) is 0 Å². The molecule has 0 fully saturated rings. The van der Waals surface area contributed by atoms with Crippen molar-refractivity contribution in [1.82, 2.24) is 4.57 Å². The SMILES string of the molecule is Cc1ccccc1OCCn1cc(C#N)c2cc(Br)ccc21. The number of rotatable bonds is 4. The van der Waals surface area contributed by atoms with Crippen molar-refractivity contribution in [3.05, 3.63) is 64.3 Å². The molecule has 0 saturated carbocycles. The molecule has 3 rings (SSSR count). The van der Waals surface area contributed by atoms with Gasteiger partial charge in [0.2, 0.25) is 0 Å². The van der Waals surface area contributed by atoms with Crippen molar-refractivity contribution in [3.63, 3.8) is 0 Å². The minimum Gasteiger partial charge on any atom is -0.491 e. The number of hydrogen-bond donors (Lipinski definition) is 0. The van der Waals surface area contributed by atoms with Crippen LogP contribution in [0.2, 0.25) is 0 Å². The second kappa shape index (κ2) is 6.25. The smallest absolute Gasteiger partial charge is 0.122 e. The van der Waals surface area contributed by atoms with Crippen LogP contribution >= 0.6 is 15.9 Å². The number of hydrogen-bond acceptors (Lipinski definition) is 2. The topological polar surface area (TPSA) is 38.0 Å². The maximum Gasteiger partial charge on any atom is 0.122 e. The summed E-state index contributed by atoms with van der Waals surface area (Å²) >= 11 is 3.45. The molecule has 1 aromatic heterocycles. The van der Waals surface area contributed by atoms with Gasteiger partial charge in [-0.1, -0.05) is 34.1 Å².